The Morgan fingerprint density at radius 1 is 0.453 bits per heavy atom. The minimum Gasteiger partial charge on any atom is -0.466 e. The summed E-state index contributed by atoms with van der Waals surface area (Å²) in [5.74, 6) is -0.129. The summed E-state index contributed by atoms with van der Waals surface area (Å²) < 4.78 is 5.43. The van der Waals surface area contributed by atoms with E-state index >= 15 is 0 Å². The number of carbonyl (C=O) groups excluding carboxylic acids is 2. The van der Waals surface area contributed by atoms with Crippen molar-refractivity contribution in [2.45, 2.75) is 283 Å². The van der Waals surface area contributed by atoms with Crippen LogP contribution in [0.2, 0.25) is 0 Å². The third-order valence-corrected chi connectivity index (χ3v) is 12.3. The lowest BCUT2D eigenvalue weighted by Crippen LogP contribution is -2.45. The highest BCUT2D eigenvalue weighted by atomic mass is 16.5. The molecule has 0 aliphatic carbocycles. The monoisotopic (exact) mass is 896 g/mol. The molecule has 0 aliphatic heterocycles. The Labute approximate surface area is 397 Å². The first-order valence-electron chi connectivity index (χ1n) is 27.6. The van der Waals surface area contributed by atoms with E-state index in [2.05, 4.69) is 67.8 Å². The fourth-order valence-electron chi connectivity index (χ4n) is 8.01. The first-order chi connectivity index (χ1) is 31.5. The molecule has 6 nitrogen and oxygen atoms in total. The number of esters is 1. The van der Waals surface area contributed by atoms with Crippen LogP contribution in [0.4, 0.5) is 0 Å². The van der Waals surface area contributed by atoms with Crippen LogP contribution in [0, 0.1) is 0 Å². The van der Waals surface area contributed by atoms with Gasteiger partial charge in [-0.2, -0.15) is 0 Å². The van der Waals surface area contributed by atoms with Crippen LogP contribution in [0.1, 0.15) is 271 Å². The average molecular weight is 896 g/mol. The van der Waals surface area contributed by atoms with E-state index in [1.165, 1.54) is 154 Å². The third kappa shape index (κ3) is 49.0. The molecular weight excluding hydrogens is 791 g/mol. The zero-order valence-corrected chi connectivity index (χ0v) is 42.2. The van der Waals surface area contributed by atoms with Gasteiger partial charge in [-0.3, -0.25) is 9.59 Å². The fraction of sp³-hybridized carbons (Fsp3) is 0.793. The quantitative estimate of drug-likeness (QED) is 0.0245. The van der Waals surface area contributed by atoms with Gasteiger partial charge in [-0.1, -0.05) is 222 Å². The van der Waals surface area contributed by atoms with E-state index in [1.54, 1.807) is 6.08 Å². The Balaban J connectivity index is 3.58. The second-order valence-electron chi connectivity index (χ2n) is 18.6. The molecule has 0 saturated heterocycles. The van der Waals surface area contributed by atoms with Gasteiger partial charge in [-0.25, -0.2) is 0 Å². The number of hydrogen-bond donors (Lipinski definition) is 3. The number of unbranched alkanes of at least 4 members (excludes halogenated alkanes) is 32. The minimum atomic E-state index is -0.861. The van der Waals surface area contributed by atoms with E-state index in [0.29, 0.717) is 19.4 Å². The molecule has 2 unspecified atom stereocenters. The molecule has 0 bridgehead atoms. The van der Waals surface area contributed by atoms with Crippen molar-refractivity contribution in [2.75, 3.05) is 13.2 Å². The van der Waals surface area contributed by atoms with E-state index in [1.807, 2.05) is 6.08 Å². The van der Waals surface area contributed by atoms with Gasteiger partial charge in [0.05, 0.1) is 25.4 Å². The second kappa shape index (κ2) is 53.2. The highest BCUT2D eigenvalue weighted by Crippen LogP contribution is 2.15. The first-order valence-corrected chi connectivity index (χ1v) is 27.6. The lowest BCUT2D eigenvalue weighted by molar-refractivity contribution is -0.143. The molecule has 0 radical (unpaired) electrons. The number of ether oxygens (including phenoxy) is 1. The van der Waals surface area contributed by atoms with Crippen molar-refractivity contribution < 1.29 is 24.5 Å². The van der Waals surface area contributed by atoms with Crippen LogP contribution in [-0.2, 0) is 14.3 Å². The van der Waals surface area contributed by atoms with Crippen LogP contribution in [0.5, 0.6) is 0 Å². The molecule has 0 aromatic heterocycles. The Hall–Kier alpha value is -2.44. The van der Waals surface area contributed by atoms with Crippen LogP contribution in [-0.4, -0.2) is 47.4 Å². The maximum absolute atomic E-state index is 12.4. The third-order valence-electron chi connectivity index (χ3n) is 12.3. The van der Waals surface area contributed by atoms with Crippen molar-refractivity contribution >= 4 is 11.9 Å². The van der Waals surface area contributed by atoms with Crippen LogP contribution in [0.25, 0.3) is 0 Å². The summed E-state index contributed by atoms with van der Waals surface area (Å²) >= 11 is 0. The van der Waals surface area contributed by atoms with E-state index in [0.717, 1.165) is 89.9 Å². The summed E-state index contributed by atoms with van der Waals surface area (Å²) in [6.45, 7) is 4.81. The molecule has 0 rings (SSSR count). The van der Waals surface area contributed by atoms with Gasteiger partial charge < -0.3 is 20.3 Å². The molecular formula is C58H105NO5. The van der Waals surface area contributed by atoms with Crippen LogP contribution < -0.4 is 5.32 Å². The number of rotatable bonds is 50. The summed E-state index contributed by atoms with van der Waals surface area (Å²) in [7, 11) is 0. The fourth-order valence-corrected chi connectivity index (χ4v) is 8.01. The van der Waals surface area contributed by atoms with Crippen molar-refractivity contribution in [3.63, 3.8) is 0 Å². The standard InChI is InChI=1S/C58H105NO5/c1-3-5-7-9-11-13-15-17-19-20-23-26-30-34-38-42-46-50-56(61)55(54-60)59-57(62)51-47-43-39-35-31-27-24-21-25-29-33-37-41-45-49-53-64-58(63)52-48-44-40-36-32-28-22-18-16-14-12-10-8-6-4-2/h12,14,18,21-22,25,29,33,46,50,55-56,60-61H,3-11,13,15-17,19-20,23-24,26-28,30-32,34-45,47-49,51-54H2,1-2H3,(H,59,62)/b14-12-,22-18-,25-21-,33-29-,50-46+. The highest BCUT2D eigenvalue weighted by Gasteiger charge is 2.18. The van der Waals surface area contributed by atoms with Gasteiger partial charge in [0, 0.05) is 12.8 Å². The molecule has 372 valence electrons. The Bertz CT molecular complexity index is 1130. The number of carbonyl (C=O) groups is 2. The van der Waals surface area contributed by atoms with E-state index in [-0.39, 0.29) is 18.5 Å². The summed E-state index contributed by atoms with van der Waals surface area (Å²) in [5, 5.41) is 23.1. The Kier molecular flexibility index (Phi) is 51.2. The van der Waals surface area contributed by atoms with Crippen LogP contribution in [0.15, 0.2) is 60.8 Å². The summed E-state index contributed by atoms with van der Waals surface area (Å²) in [6, 6.07) is -0.646. The topological polar surface area (TPSA) is 95.9 Å². The zero-order chi connectivity index (χ0) is 46.5. The number of aliphatic hydroxyl groups is 2. The lowest BCUT2D eigenvalue weighted by Gasteiger charge is -2.20. The van der Waals surface area contributed by atoms with E-state index in [9.17, 15) is 19.8 Å². The summed E-state index contributed by atoms with van der Waals surface area (Å²) in [4.78, 5) is 24.5. The number of amides is 1. The normalized spacial score (nSPS) is 13.1. The van der Waals surface area contributed by atoms with E-state index < -0.39 is 12.1 Å². The number of allylic oxidation sites excluding steroid dienone is 9. The maximum atomic E-state index is 12.4. The molecule has 0 aliphatic rings. The van der Waals surface area contributed by atoms with Crippen molar-refractivity contribution in [3.05, 3.63) is 60.8 Å². The van der Waals surface area contributed by atoms with Gasteiger partial charge in [0.15, 0.2) is 0 Å². The molecule has 64 heavy (non-hydrogen) atoms. The van der Waals surface area contributed by atoms with Gasteiger partial charge in [0.2, 0.25) is 5.91 Å². The van der Waals surface area contributed by atoms with Gasteiger partial charge in [-0.05, 0) is 96.3 Å². The Morgan fingerprint density at radius 3 is 1.31 bits per heavy atom. The largest absolute Gasteiger partial charge is 0.466 e. The molecule has 6 heteroatoms. The molecule has 0 saturated carbocycles. The number of hydrogen-bond acceptors (Lipinski definition) is 5. The number of nitrogens with one attached hydrogen (secondary N) is 1. The predicted octanol–water partition coefficient (Wildman–Crippen LogP) is 16.8. The Morgan fingerprint density at radius 2 is 0.828 bits per heavy atom. The van der Waals surface area contributed by atoms with Gasteiger partial charge in [0.1, 0.15) is 0 Å². The average Bonchev–Trinajstić information content (AvgIpc) is 3.29. The molecule has 0 aromatic carbocycles. The lowest BCUT2D eigenvalue weighted by atomic mass is 10.0. The molecule has 2 atom stereocenters. The van der Waals surface area contributed by atoms with Gasteiger partial charge >= 0.3 is 5.97 Å². The van der Waals surface area contributed by atoms with Gasteiger partial charge in [-0.15, -0.1) is 0 Å². The zero-order valence-electron chi connectivity index (χ0n) is 42.2. The molecule has 0 aromatic rings. The molecule has 0 fully saturated rings. The molecule has 0 heterocycles. The highest BCUT2D eigenvalue weighted by molar-refractivity contribution is 5.76. The summed E-state index contributed by atoms with van der Waals surface area (Å²) in [6.07, 6.45) is 68.0. The second-order valence-corrected chi connectivity index (χ2v) is 18.6. The number of aliphatic hydroxyl groups excluding tert-OH is 2. The van der Waals surface area contributed by atoms with Crippen LogP contribution >= 0.6 is 0 Å². The SMILES string of the molecule is CCCCC/C=C\C/C=C\CCCCCCCC(=O)OCCCCC/C=C\C=C/CCCCCCCCC(=O)NC(CO)C(O)/C=C/CCCCCCCCCCCCCCCCC. The van der Waals surface area contributed by atoms with Crippen LogP contribution in [0.3, 0.4) is 0 Å². The maximum Gasteiger partial charge on any atom is 0.305 e. The molecule has 3 N–H and O–H groups in total. The van der Waals surface area contributed by atoms with E-state index in [4.69, 9.17) is 4.74 Å². The molecule has 1 amide bonds. The molecule has 0 spiro atoms. The minimum absolute atomic E-state index is 0.0377. The smallest absolute Gasteiger partial charge is 0.305 e. The van der Waals surface area contributed by atoms with Crippen molar-refractivity contribution in [3.8, 4) is 0 Å². The van der Waals surface area contributed by atoms with Crippen molar-refractivity contribution in [2.24, 2.45) is 0 Å². The van der Waals surface area contributed by atoms with Crippen molar-refractivity contribution in [1.29, 1.82) is 0 Å². The van der Waals surface area contributed by atoms with Gasteiger partial charge in [0.25, 0.3) is 0 Å². The predicted molar refractivity (Wildman–Crippen MR) is 278 cm³/mol. The first kappa shape index (κ1) is 61.6. The summed E-state index contributed by atoms with van der Waals surface area (Å²) in [5.41, 5.74) is 0. The van der Waals surface area contributed by atoms with Crippen molar-refractivity contribution in [1.82, 2.24) is 5.32 Å².